The second-order valence-corrected chi connectivity index (χ2v) is 3.84. The van der Waals surface area contributed by atoms with Crippen molar-refractivity contribution in [1.29, 1.82) is 0 Å². The van der Waals surface area contributed by atoms with Gasteiger partial charge in [-0.2, -0.15) is 0 Å². The van der Waals surface area contributed by atoms with Crippen LogP contribution in [0, 0.1) is 0 Å². The lowest BCUT2D eigenvalue weighted by molar-refractivity contribution is 0.511. The van der Waals surface area contributed by atoms with Gasteiger partial charge in [0, 0.05) is 26.1 Å². The number of nitrogens with one attached hydrogen (secondary N) is 1. The van der Waals surface area contributed by atoms with Gasteiger partial charge in [0.1, 0.15) is 0 Å². The molecule has 0 unspecified atom stereocenters. The molecule has 14 heavy (non-hydrogen) atoms. The molecule has 1 aromatic heterocycles. The number of hydrogen-bond donors (Lipinski definition) is 1. The topological polar surface area (TPSA) is 42.7 Å². The molecule has 0 aliphatic carbocycles. The number of aryl methyl sites for hydroxylation is 1. The molecule has 2 heterocycles. The first-order valence-corrected chi connectivity index (χ1v) is 5.53. The van der Waals surface area contributed by atoms with E-state index in [1.54, 1.807) is 0 Å². The number of aromatic nitrogens is 3. The van der Waals surface area contributed by atoms with E-state index in [-0.39, 0.29) is 0 Å². The lowest BCUT2D eigenvalue weighted by Crippen LogP contribution is -2.25. The first-order valence-electron chi connectivity index (χ1n) is 5.53. The first kappa shape index (κ1) is 9.65. The van der Waals surface area contributed by atoms with Gasteiger partial charge < -0.3 is 5.32 Å². The van der Waals surface area contributed by atoms with Gasteiger partial charge in [0.2, 0.25) is 0 Å². The van der Waals surface area contributed by atoms with Crippen LogP contribution in [0.2, 0.25) is 0 Å². The van der Waals surface area contributed by atoms with Gasteiger partial charge in [-0.25, -0.2) is 4.68 Å². The zero-order chi connectivity index (χ0) is 9.80. The highest BCUT2D eigenvalue weighted by atomic mass is 15.4. The van der Waals surface area contributed by atoms with Gasteiger partial charge in [0.25, 0.3) is 0 Å². The Kier molecular flexibility index (Phi) is 3.14. The fourth-order valence-corrected chi connectivity index (χ4v) is 1.88. The average Bonchev–Trinajstić information content (AvgIpc) is 2.63. The van der Waals surface area contributed by atoms with E-state index in [1.165, 1.54) is 25.0 Å². The van der Waals surface area contributed by atoms with Gasteiger partial charge in [-0.3, -0.25) is 0 Å². The van der Waals surface area contributed by atoms with Crippen molar-refractivity contribution in [2.24, 2.45) is 0 Å². The van der Waals surface area contributed by atoms with E-state index in [9.17, 15) is 0 Å². The van der Waals surface area contributed by atoms with Crippen molar-refractivity contribution in [1.82, 2.24) is 20.3 Å². The highest BCUT2D eigenvalue weighted by Gasteiger charge is 2.15. The smallest absolute Gasteiger partial charge is 0.0997 e. The van der Waals surface area contributed by atoms with E-state index in [1.807, 2.05) is 0 Å². The van der Waals surface area contributed by atoms with E-state index >= 15 is 0 Å². The number of nitrogens with zero attached hydrogens (tertiary/aromatic N) is 3. The van der Waals surface area contributed by atoms with E-state index < -0.39 is 0 Å². The Morgan fingerprint density at radius 1 is 1.43 bits per heavy atom. The third-order valence-corrected chi connectivity index (χ3v) is 2.72. The summed E-state index contributed by atoms with van der Waals surface area (Å²) in [7, 11) is 0. The molecule has 0 atom stereocenters. The fourth-order valence-electron chi connectivity index (χ4n) is 1.88. The number of hydrogen-bond acceptors (Lipinski definition) is 3. The molecule has 1 aliphatic heterocycles. The minimum atomic E-state index is 0.892. The minimum Gasteiger partial charge on any atom is -0.311 e. The van der Waals surface area contributed by atoms with Gasteiger partial charge in [-0.15, -0.1) is 5.10 Å². The molecule has 4 nitrogen and oxygen atoms in total. The molecular formula is C10H18N4. The van der Waals surface area contributed by atoms with Crippen molar-refractivity contribution >= 4 is 0 Å². The van der Waals surface area contributed by atoms with Crippen LogP contribution in [0.5, 0.6) is 0 Å². The summed E-state index contributed by atoms with van der Waals surface area (Å²) in [5, 5.41) is 11.7. The number of unbranched alkanes of at least 4 members (excludes halogenated alkanes) is 2. The van der Waals surface area contributed by atoms with Crippen molar-refractivity contribution in [2.75, 3.05) is 6.54 Å². The van der Waals surface area contributed by atoms with Crippen molar-refractivity contribution in [2.45, 2.75) is 45.7 Å². The third-order valence-electron chi connectivity index (χ3n) is 2.72. The summed E-state index contributed by atoms with van der Waals surface area (Å²) in [6, 6.07) is 0. The largest absolute Gasteiger partial charge is 0.311 e. The van der Waals surface area contributed by atoms with Gasteiger partial charge in [0.05, 0.1) is 11.4 Å². The number of fused-ring (bicyclic) bond motifs is 1. The predicted octanol–water partition coefficient (Wildman–Crippen LogP) is 1.11. The standard InChI is InChI=1S/C10H18N4/c1-2-3-4-7-14-10-5-6-11-8-9(10)12-13-14/h11H,2-8H2,1H3. The number of rotatable bonds is 4. The minimum absolute atomic E-state index is 0.892. The Bertz CT molecular complexity index is 292. The Labute approximate surface area is 84.7 Å². The van der Waals surface area contributed by atoms with Crippen LogP contribution in [0.25, 0.3) is 0 Å². The third kappa shape index (κ3) is 1.95. The first-order chi connectivity index (χ1) is 6.92. The molecule has 0 spiro atoms. The summed E-state index contributed by atoms with van der Waals surface area (Å²) >= 11 is 0. The second-order valence-electron chi connectivity index (χ2n) is 3.84. The van der Waals surface area contributed by atoms with E-state index in [0.29, 0.717) is 0 Å². The molecule has 78 valence electrons. The predicted molar refractivity (Wildman–Crippen MR) is 55.0 cm³/mol. The molecule has 2 rings (SSSR count). The van der Waals surface area contributed by atoms with Gasteiger partial charge in [0.15, 0.2) is 0 Å². The van der Waals surface area contributed by atoms with Crippen LogP contribution in [-0.4, -0.2) is 21.5 Å². The van der Waals surface area contributed by atoms with Gasteiger partial charge in [-0.05, 0) is 6.42 Å². The summed E-state index contributed by atoms with van der Waals surface area (Å²) in [6.45, 7) is 5.22. The summed E-state index contributed by atoms with van der Waals surface area (Å²) in [5.74, 6) is 0. The Morgan fingerprint density at radius 2 is 2.36 bits per heavy atom. The highest BCUT2D eigenvalue weighted by Crippen LogP contribution is 2.11. The lowest BCUT2D eigenvalue weighted by atomic mass is 10.2. The molecule has 0 amide bonds. The molecule has 1 N–H and O–H groups in total. The highest BCUT2D eigenvalue weighted by molar-refractivity contribution is 5.13. The van der Waals surface area contributed by atoms with Crippen molar-refractivity contribution < 1.29 is 0 Å². The average molecular weight is 194 g/mol. The fraction of sp³-hybridized carbons (Fsp3) is 0.800. The summed E-state index contributed by atoms with van der Waals surface area (Å²) in [4.78, 5) is 0. The quantitative estimate of drug-likeness (QED) is 0.730. The summed E-state index contributed by atoms with van der Waals surface area (Å²) in [5.41, 5.74) is 2.49. The summed E-state index contributed by atoms with van der Waals surface area (Å²) < 4.78 is 2.09. The van der Waals surface area contributed by atoms with E-state index in [4.69, 9.17) is 0 Å². The Balaban J connectivity index is 1.99. The van der Waals surface area contributed by atoms with Crippen molar-refractivity contribution in [3.05, 3.63) is 11.4 Å². The molecular weight excluding hydrogens is 176 g/mol. The zero-order valence-electron chi connectivity index (χ0n) is 8.79. The molecule has 0 saturated heterocycles. The molecule has 1 aromatic rings. The van der Waals surface area contributed by atoms with Crippen LogP contribution in [0.4, 0.5) is 0 Å². The maximum absolute atomic E-state index is 4.20. The molecule has 1 aliphatic rings. The van der Waals surface area contributed by atoms with Crippen LogP contribution in [-0.2, 0) is 19.5 Å². The maximum atomic E-state index is 4.20. The van der Waals surface area contributed by atoms with Crippen LogP contribution in [0.3, 0.4) is 0 Å². The van der Waals surface area contributed by atoms with Crippen LogP contribution < -0.4 is 5.32 Å². The molecule has 0 saturated carbocycles. The lowest BCUT2D eigenvalue weighted by Gasteiger charge is -2.13. The molecule has 0 radical (unpaired) electrons. The molecule has 0 bridgehead atoms. The monoisotopic (exact) mass is 194 g/mol. The van der Waals surface area contributed by atoms with Gasteiger partial charge >= 0.3 is 0 Å². The molecule has 0 aromatic carbocycles. The van der Waals surface area contributed by atoms with Gasteiger partial charge in [-0.1, -0.05) is 25.0 Å². The van der Waals surface area contributed by atoms with E-state index in [0.717, 1.165) is 31.7 Å². The second kappa shape index (κ2) is 4.55. The Hall–Kier alpha value is -0.900. The summed E-state index contributed by atoms with van der Waals surface area (Å²) in [6.07, 6.45) is 4.85. The maximum Gasteiger partial charge on any atom is 0.0997 e. The Morgan fingerprint density at radius 3 is 3.21 bits per heavy atom. The van der Waals surface area contributed by atoms with Crippen molar-refractivity contribution in [3.63, 3.8) is 0 Å². The molecule has 0 fully saturated rings. The SMILES string of the molecule is CCCCCn1nnc2c1CCNC2. The molecule has 4 heteroatoms. The zero-order valence-corrected chi connectivity index (χ0v) is 8.79. The van der Waals surface area contributed by atoms with Crippen molar-refractivity contribution in [3.8, 4) is 0 Å². The van der Waals surface area contributed by atoms with E-state index in [2.05, 4.69) is 27.2 Å². The van der Waals surface area contributed by atoms with Crippen LogP contribution in [0.15, 0.2) is 0 Å². The normalized spacial score (nSPS) is 15.5. The van der Waals surface area contributed by atoms with Crippen LogP contribution in [0.1, 0.15) is 37.6 Å². The van der Waals surface area contributed by atoms with Crippen LogP contribution >= 0.6 is 0 Å².